The summed E-state index contributed by atoms with van der Waals surface area (Å²) in [4.78, 5) is 14.1. The first-order chi connectivity index (χ1) is 14.3. The van der Waals surface area contributed by atoms with E-state index in [4.69, 9.17) is 4.99 Å². The highest BCUT2D eigenvalue weighted by atomic mass is 127. The van der Waals surface area contributed by atoms with Crippen molar-refractivity contribution in [2.75, 3.05) is 39.3 Å². The normalized spacial score (nSPS) is 15.5. The Morgan fingerprint density at radius 3 is 2.27 bits per heavy atom. The number of likely N-dealkylation sites (N-methyl/N-ethyl adjacent to an activating group) is 1. The van der Waals surface area contributed by atoms with Crippen molar-refractivity contribution in [2.45, 2.75) is 33.5 Å². The SMILES string of the molecule is CCNC(=NCc1ccc(CN2CCN(CC)CC2)cc1)NCc1ccccn1.I. The van der Waals surface area contributed by atoms with Crippen LogP contribution in [0.5, 0.6) is 0 Å². The van der Waals surface area contributed by atoms with Crippen molar-refractivity contribution in [1.82, 2.24) is 25.4 Å². The van der Waals surface area contributed by atoms with Gasteiger partial charge in [-0.15, -0.1) is 24.0 Å². The molecule has 0 bridgehead atoms. The van der Waals surface area contributed by atoms with E-state index in [9.17, 15) is 0 Å². The van der Waals surface area contributed by atoms with Crippen LogP contribution in [0.1, 0.15) is 30.7 Å². The molecular formula is C23H35IN6. The van der Waals surface area contributed by atoms with E-state index in [1.165, 1.54) is 24.2 Å². The van der Waals surface area contributed by atoms with E-state index in [2.05, 4.69) is 63.5 Å². The van der Waals surface area contributed by atoms with Crippen LogP contribution in [-0.2, 0) is 19.6 Å². The average Bonchev–Trinajstić information content (AvgIpc) is 2.78. The lowest BCUT2D eigenvalue weighted by molar-refractivity contribution is 0.132. The van der Waals surface area contributed by atoms with Crippen LogP contribution in [0.15, 0.2) is 53.7 Å². The van der Waals surface area contributed by atoms with Gasteiger partial charge in [-0.3, -0.25) is 9.88 Å². The van der Waals surface area contributed by atoms with Crippen molar-refractivity contribution in [3.63, 3.8) is 0 Å². The van der Waals surface area contributed by atoms with E-state index in [1.807, 2.05) is 24.4 Å². The van der Waals surface area contributed by atoms with Crippen LogP contribution in [0.3, 0.4) is 0 Å². The van der Waals surface area contributed by atoms with Crippen molar-refractivity contribution in [2.24, 2.45) is 4.99 Å². The fraction of sp³-hybridized carbons (Fsp3) is 0.478. The number of pyridine rings is 1. The van der Waals surface area contributed by atoms with Crippen LogP contribution in [0.4, 0.5) is 0 Å². The van der Waals surface area contributed by atoms with Gasteiger partial charge in [-0.25, -0.2) is 4.99 Å². The van der Waals surface area contributed by atoms with Crippen LogP contribution in [-0.4, -0.2) is 60.0 Å². The topological polar surface area (TPSA) is 55.8 Å². The molecule has 0 aliphatic carbocycles. The Kier molecular flexibility index (Phi) is 11.1. The summed E-state index contributed by atoms with van der Waals surface area (Å²) in [7, 11) is 0. The number of nitrogens with zero attached hydrogens (tertiary/aromatic N) is 4. The summed E-state index contributed by atoms with van der Waals surface area (Å²) in [6, 6.07) is 14.8. The quantitative estimate of drug-likeness (QED) is 0.317. The van der Waals surface area contributed by atoms with E-state index < -0.39 is 0 Å². The van der Waals surface area contributed by atoms with Gasteiger partial charge in [-0.1, -0.05) is 37.3 Å². The first-order valence-electron chi connectivity index (χ1n) is 10.7. The Hall–Kier alpha value is -1.71. The van der Waals surface area contributed by atoms with Gasteiger partial charge in [0, 0.05) is 45.5 Å². The second kappa shape index (κ2) is 13.6. The molecule has 0 unspecified atom stereocenters. The highest BCUT2D eigenvalue weighted by Gasteiger charge is 2.15. The minimum atomic E-state index is 0. The molecular weight excluding hydrogens is 487 g/mol. The van der Waals surface area contributed by atoms with Gasteiger partial charge in [0.1, 0.15) is 0 Å². The number of aliphatic imine (C=N–C) groups is 1. The zero-order valence-corrected chi connectivity index (χ0v) is 20.5. The van der Waals surface area contributed by atoms with Crippen LogP contribution in [0.2, 0.25) is 0 Å². The van der Waals surface area contributed by atoms with Gasteiger partial charge < -0.3 is 15.5 Å². The monoisotopic (exact) mass is 522 g/mol. The van der Waals surface area contributed by atoms with E-state index in [-0.39, 0.29) is 24.0 Å². The molecule has 1 aliphatic rings. The van der Waals surface area contributed by atoms with Crippen molar-refractivity contribution in [1.29, 1.82) is 0 Å². The lowest BCUT2D eigenvalue weighted by atomic mass is 10.1. The molecule has 2 heterocycles. The number of rotatable bonds is 8. The molecule has 1 saturated heterocycles. The molecule has 30 heavy (non-hydrogen) atoms. The van der Waals surface area contributed by atoms with E-state index in [1.54, 1.807) is 0 Å². The zero-order valence-electron chi connectivity index (χ0n) is 18.2. The lowest BCUT2D eigenvalue weighted by Gasteiger charge is -2.34. The molecule has 1 fully saturated rings. The Morgan fingerprint density at radius 2 is 1.63 bits per heavy atom. The van der Waals surface area contributed by atoms with Gasteiger partial charge >= 0.3 is 0 Å². The predicted octanol–water partition coefficient (Wildman–Crippen LogP) is 3.09. The summed E-state index contributed by atoms with van der Waals surface area (Å²) in [5.41, 5.74) is 3.60. The molecule has 0 saturated carbocycles. The number of halogens is 1. The Morgan fingerprint density at radius 1 is 0.933 bits per heavy atom. The van der Waals surface area contributed by atoms with Gasteiger partial charge in [0.15, 0.2) is 5.96 Å². The number of guanidine groups is 1. The molecule has 2 N–H and O–H groups in total. The summed E-state index contributed by atoms with van der Waals surface area (Å²) >= 11 is 0. The second-order valence-electron chi connectivity index (χ2n) is 7.40. The summed E-state index contributed by atoms with van der Waals surface area (Å²) in [6.45, 7) is 13.4. The molecule has 2 aromatic rings. The van der Waals surface area contributed by atoms with Crippen LogP contribution >= 0.6 is 24.0 Å². The first-order valence-corrected chi connectivity index (χ1v) is 10.7. The number of benzene rings is 1. The Bertz CT molecular complexity index is 742. The number of hydrogen-bond acceptors (Lipinski definition) is 4. The summed E-state index contributed by atoms with van der Waals surface area (Å²) in [6.07, 6.45) is 1.81. The highest BCUT2D eigenvalue weighted by Crippen LogP contribution is 2.11. The van der Waals surface area contributed by atoms with Crippen molar-refractivity contribution < 1.29 is 0 Å². The van der Waals surface area contributed by atoms with Crippen LogP contribution in [0.25, 0.3) is 0 Å². The van der Waals surface area contributed by atoms with Gasteiger partial charge in [0.2, 0.25) is 0 Å². The fourth-order valence-corrected chi connectivity index (χ4v) is 3.46. The number of aromatic nitrogens is 1. The molecule has 0 atom stereocenters. The largest absolute Gasteiger partial charge is 0.357 e. The molecule has 6 nitrogen and oxygen atoms in total. The molecule has 164 valence electrons. The van der Waals surface area contributed by atoms with Crippen LogP contribution in [0, 0.1) is 0 Å². The molecule has 1 aliphatic heterocycles. The molecule has 0 radical (unpaired) electrons. The number of hydrogen-bond donors (Lipinski definition) is 2. The maximum Gasteiger partial charge on any atom is 0.191 e. The van der Waals surface area contributed by atoms with E-state index in [0.29, 0.717) is 13.1 Å². The van der Waals surface area contributed by atoms with Crippen molar-refractivity contribution in [3.8, 4) is 0 Å². The molecule has 0 amide bonds. The van der Waals surface area contributed by atoms with Gasteiger partial charge in [0.05, 0.1) is 18.8 Å². The van der Waals surface area contributed by atoms with Gasteiger partial charge in [0.25, 0.3) is 0 Å². The maximum absolute atomic E-state index is 4.71. The summed E-state index contributed by atoms with van der Waals surface area (Å²) in [5.74, 6) is 0.816. The molecule has 3 rings (SSSR count). The third kappa shape index (κ3) is 8.20. The Balaban J connectivity index is 0.00000320. The minimum Gasteiger partial charge on any atom is -0.357 e. The summed E-state index contributed by atoms with van der Waals surface area (Å²) < 4.78 is 0. The predicted molar refractivity (Wildman–Crippen MR) is 135 cm³/mol. The number of nitrogens with one attached hydrogen (secondary N) is 2. The zero-order chi connectivity index (χ0) is 20.3. The second-order valence-corrected chi connectivity index (χ2v) is 7.40. The lowest BCUT2D eigenvalue weighted by Crippen LogP contribution is -2.45. The fourth-order valence-electron chi connectivity index (χ4n) is 3.46. The summed E-state index contributed by atoms with van der Waals surface area (Å²) in [5, 5.41) is 6.64. The third-order valence-corrected chi connectivity index (χ3v) is 5.27. The van der Waals surface area contributed by atoms with E-state index in [0.717, 1.165) is 44.4 Å². The van der Waals surface area contributed by atoms with Gasteiger partial charge in [-0.2, -0.15) is 0 Å². The van der Waals surface area contributed by atoms with Gasteiger partial charge in [-0.05, 0) is 36.7 Å². The first kappa shape index (κ1) is 24.6. The molecule has 1 aromatic carbocycles. The minimum absolute atomic E-state index is 0. The van der Waals surface area contributed by atoms with Crippen molar-refractivity contribution >= 4 is 29.9 Å². The molecule has 0 spiro atoms. The molecule has 1 aromatic heterocycles. The third-order valence-electron chi connectivity index (χ3n) is 5.27. The smallest absolute Gasteiger partial charge is 0.191 e. The maximum atomic E-state index is 4.71. The van der Waals surface area contributed by atoms with Crippen LogP contribution < -0.4 is 10.6 Å². The average molecular weight is 522 g/mol. The van der Waals surface area contributed by atoms with E-state index >= 15 is 0 Å². The number of piperazine rings is 1. The Labute approximate surface area is 198 Å². The molecule has 7 heteroatoms. The standard InChI is InChI=1S/C23H34N6.HI/c1-3-24-23(27-18-22-7-5-6-12-25-22)26-17-20-8-10-21(11-9-20)19-29-15-13-28(4-2)14-16-29;/h5-12H,3-4,13-19H2,1-2H3,(H2,24,26,27);1H. The highest BCUT2D eigenvalue weighted by molar-refractivity contribution is 14.0. The van der Waals surface area contributed by atoms with Crippen molar-refractivity contribution in [3.05, 3.63) is 65.5 Å².